The lowest BCUT2D eigenvalue weighted by molar-refractivity contribution is 0.0971. The van der Waals surface area contributed by atoms with Crippen LogP contribution >= 0.6 is 0 Å². The maximum Gasteiger partial charge on any atom is 0.150 e. The summed E-state index contributed by atoms with van der Waals surface area (Å²) in [5, 5.41) is 20.2. The first-order valence-corrected chi connectivity index (χ1v) is 13.0. The Morgan fingerprint density at radius 2 is 1.73 bits per heavy atom. The fourth-order valence-electron chi connectivity index (χ4n) is 5.33. The fraction of sp³-hybridized carbons (Fsp3) is 0.355. The molecule has 0 aliphatic carbocycles. The van der Waals surface area contributed by atoms with E-state index < -0.39 is 0 Å². The lowest BCUT2D eigenvalue weighted by Crippen LogP contribution is -2.43. The van der Waals surface area contributed by atoms with Crippen LogP contribution in [0.3, 0.4) is 0 Å². The number of hydrogen-bond donors (Lipinski definition) is 2. The van der Waals surface area contributed by atoms with Crippen LogP contribution in [0.5, 0.6) is 23.0 Å². The predicted molar refractivity (Wildman–Crippen MR) is 144 cm³/mol. The van der Waals surface area contributed by atoms with Gasteiger partial charge in [0.25, 0.3) is 0 Å². The third-order valence-corrected chi connectivity index (χ3v) is 7.60. The lowest BCUT2D eigenvalue weighted by atomic mass is 9.86. The minimum atomic E-state index is -0.386. The number of aromatic hydroxyl groups is 2. The number of ether oxygens (including phenoxy) is 2. The Labute approximate surface area is 217 Å². The SMILES string of the molecule is CC1=C(c2cccc(O)c2)C(c2ccc(OCC(C)N3CCC(CF)CC3)cc2)Oc2ccc(O)cc21. The zero-order chi connectivity index (χ0) is 25.9. The molecule has 0 bridgehead atoms. The zero-order valence-corrected chi connectivity index (χ0v) is 21.4. The Morgan fingerprint density at radius 1 is 1.00 bits per heavy atom. The molecule has 0 saturated carbocycles. The van der Waals surface area contributed by atoms with Crippen molar-refractivity contribution in [2.24, 2.45) is 5.92 Å². The van der Waals surface area contributed by atoms with Crippen molar-refractivity contribution in [3.63, 3.8) is 0 Å². The molecule has 3 aromatic carbocycles. The van der Waals surface area contributed by atoms with Gasteiger partial charge in [-0.3, -0.25) is 9.29 Å². The van der Waals surface area contributed by atoms with E-state index in [1.54, 1.807) is 30.3 Å². The van der Waals surface area contributed by atoms with Crippen LogP contribution in [0.4, 0.5) is 4.39 Å². The molecule has 3 aromatic rings. The normalized spacial score (nSPS) is 19.3. The summed E-state index contributed by atoms with van der Waals surface area (Å²) in [4.78, 5) is 2.38. The predicted octanol–water partition coefficient (Wildman–Crippen LogP) is 6.61. The van der Waals surface area contributed by atoms with Gasteiger partial charge in [0.15, 0.2) is 0 Å². The topological polar surface area (TPSA) is 62.2 Å². The first-order chi connectivity index (χ1) is 17.9. The zero-order valence-electron chi connectivity index (χ0n) is 21.4. The molecule has 0 spiro atoms. The van der Waals surface area contributed by atoms with E-state index in [9.17, 15) is 14.6 Å². The van der Waals surface area contributed by atoms with Crippen LogP contribution in [-0.2, 0) is 0 Å². The third kappa shape index (κ3) is 5.44. The van der Waals surface area contributed by atoms with Gasteiger partial charge in [-0.25, -0.2) is 0 Å². The van der Waals surface area contributed by atoms with Crippen molar-refractivity contribution in [3.8, 4) is 23.0 Å². The van der Waals surface area contributed by atoms with E-state index in [1.165, 1.54) is 0 Å². The monoisotopic (exact) mass is 503 g/mol. The summed E-state index contributed by atoms with van der Waals surface area (Å²) in [5.74, 6) is 2.06. The molecule has 0 radical (unpaired) electrons. The molecule has 0 amide bonds. The largest absolute Gasteiger partial charge is 0.508 e. The summed E-state index contributed by atoms with van der Waals surface area (Å²) in [6, 6.07) is 20.5. The Kier molecular flexibility index (Phi) is 7.38. The highest BCUT2D eigenvalue weighted by atomic mass is 19.1. The molecule has 6 heteroatoms. The number of fused-ring (bicyclic) bond motifs is 1. The van der Waals surface area contributed by atoms with Crippen molar-refractivity contribution in [2.45, 2.75) is 38.8 Å². The number of alkyl halides is 1. The highest BCUT2D eigenvalue weighted by molar-refractivity contribution is 5.95. The summed E-state index contributed by atoms with van der Waals surface area (Å²) in [7, 11) is 0. The van der Waals surface area contributed by atoms with Crippen molar-refractivity contribution in [2.75, 3.05) is 26.4 Å². The summed E-state index contributed by atoms with van der Waals surface area (Å²) >= 11 is 0. The molecule has 5 nitrogen and oxygen atoms in total. The van der Waals surface area contributed by atoms with Crippen molar-refractivity contribution in [1.29, 1.82) is 0 Å². The van der Waals surface area contributed by atoms with Gasteiger partial charge >= 0.3 is 0 Å². The van der Waals surface area contributed by atoms with Crippen LogP contribution in [-0.4, -0.2) is 47.5 Å². The molecule has 2 unspecified atom stereocenters. The highest BCUT2D eigenvalue weighted by Gasteiger charge is 2.30. The number of allylic oxidation sites excluding steroid dienone is 1. The van der Waals surface area contributed by atoms with Crippen LogP contribution in [0.1, 0.15) is 49.5 Å². The molecule has 2 aliphatic rings. The molecular formula is C31H34FNO4. The molecule has 0 aromatic heterocycles. The lowest BCUT2D eigenvalue weighted by Gasteiger charge is -2.35. The number of phenols is 2. The number of hydrogen-bond acceptors (Lipinski definition) is 5. The maximum atomic E-state index is 12.9. The fourth-order valence-corrected chi connectivity index (χ4v) is 5.33. The molecule has 2 heterocycles. The number of rotatable bonds is 7. The van der Waals surface area contributed by atoms with Crippen LogP contribution < -0.4 is 9.47 Å². The molecule has 2 atom stereocenters. The Hall–Kier alpha value is -3.51. The molecule has 37 heavy (non-hydrogen) atoms. The third-order valence-electron chi connectivity index (χ3n) is 7.60. The van der Waals surface area contributed by atoms with Crippen LogP contribution in [0.25, 0.3) is 11.1 Å². The van der Waals surface area contributed by atoms with Crippen LogP contribution in [0, 0.1) is 5.92 Å². The number of likely N-dealkylation sites (tertiary alicyclic amines) is 1. The summed E-state index contributed by atoms with van der Waals surface area (Å²) in [5.41, 5.74) is 4.58. The smallest absolute Gasteiger partial charge is 0.150 e. The maximum absolute atomic E-state index is 12.9. The second-order valence-electron chi connectivity index (χ2n) is 10.1. The highest BCUT2D eigenvalue weighted by Crippen LogP contribution is 2.47. The van der Waals surface area contributed by atoms with Crippen molar-refractivity contribution in [3.05, 3.63) is 83.4 Å². The Morgan fingerprint density at radius 3 is 2.43 bits per heavy atom. The van der Waals surface area contributed by atoms with Gasteiger partial charge in [-0.1, -0.05) is 24.3 Å². The Balaban J connectivity index is 1.35. The van der Waals surface area contributed by atoms with Gasteiger partial charge in [0.1, 0.15) is 35.7 Å². The van der Waals surface area contributed by atoms with Gasteiger partial charge in [-0.05, 0) is 105 Å². The molecule has 1 saturated heterocycles. The van der Waals surface area contributed by atoms with Gasteiger partial charge in [-0.15, -0.1) is 0 Å². The van der Waals surface area contributed by atoms with Gasteiger partial charge in [0, 0.05) is 17.2 Å². The molecular weight excluding hydrogens is 469 g/mol. The van der Waals surface area contributed by atoms with Gasteiger partial charge < -0.3 is 19.7 Å². The van der Waals surface area contributed by atoms with E-state index in [-0.39, 0.29) is 36.2 Å². The number of benzene rings is 3. The average Bonchev–Trinajstić information content (AvgIpc) is 2.92. The van der Waals surface area contributed by atoms with Gasteiger partial charge in [0.2, 0.25) is 0 Å². The summed E-state index contributed by atoms with van der Waals surface area (Å²) < 4.78 is 25.5. The molecule has 2 N–H and O–H groups in total. The van der Waals surface area contributed by atoms with Crippen molar-refractivity contribution in [1.82, 2.24) is 4.90 Å². The van der Waals surface area contributed by atoms with E-state index in [0.717, 1.165) is 59.5 Å². The van der Waals surface area contributed by atoms with E-state index >= 15 is 0 Å². The van der Waals surface area contributed by atoms with E-state index in [2.05, 4.69) is 11.8 Å². The van der Waals surface area contributed by atoms with E-state index in [4.69, 9.17) is 9.47 Å². The van der Waals surface area contributed by atoms with E-state index in [1.807, 2.05) is 43.3 Å². The first-order valence-electron chi connectivity index (χ1n) is 13.0. The summed E-state index contributed by atoms with van der Waals surface area (Å²) in [6.45, 7) is 6.36. The number of halogens is 1. The second kappa shape index (κ2) is 10.9. The quantitative estimate of drug-likeness (QED) is 0.380. The minimum Gasteiger partial charge on any atom is -0.508 e. The Bertz CT molecular complexity index is 1260. The van der Waals surface area contributed by atoms with Gasteiger partial charge in [0.05, 0.1) is 6.67 Å². The molecule has 194 valence electrons. The number of piperidine rings is 1. The summed E-state index contributed by atoms with van der Waals surface area (Å²) in [6.07, 6.45) is 1.44. The van der Waals surface area contributed by atoms with Crippen LogP contribution in [0.2, 0.25) is 0 Å². The first kappa shape index (κ1) is 25.2. The minimum absolute atomic E-state index is 0.179. The number of nitrogens with zero attached hydrogens (tertiary/aromatic N) is 1. The second-order valence-corrected chi connectivity index (χ2v) is 10.1. The van der Waals surface area contributed by atoms with Gasteiger partial charge in [-0.2, -0.15) is 0 Å². The number of phenolic OH excluding ortho intramolecular Hbond substituents is 2. The average molecular weight is 504 g/mol. The molecule has 5 rings (SSSR count). The van der Waals surface area contributed by atoms with E-state index in [0.29, 0.717) is 12.4 Å². The van der Waals surface area contributed by atoms with Crippen molar-refractivity contribution >= 4 is 11.1 Å². The molecule has 2 aliphatic heterocycles. The molecule has 1 fully saturated rings. The van der Waals surface area contributed by atoms with Crippen LogP contribution in [0.15, 0.2) is 66.7 Å². The standard InChI is InChI=1S/C31H34FNO4/c1-20(33-14-12-22(18-32)13-15-33)19-36-27-9-6-23(7-10-27)31-30(24-4-3-5-25(34)16-24)21(2)28-17-26(35)8-11-29(28)37-31/h3-11,16-17,20,22,31,34-35H,12-15,18-19H2,1-2H3. The van der Waals surface area contributed by atoms with Crippen molar-refractivity contribution < 1.29 is 24.1 Å².